The Balaban J connectivity index is 1.80. The van der Waals surface area contributed by atoms with Crippen molar-refractivity contribution in [1.29, 1.82) is 0 Å². The van der Waals surface area contributed by atoms with Crippen LogP contribution in [0.15, 0.2) is 36.8 Å². The van der Waals surface area contributed by atoms with Crippen molar-refractivity contribution in [1.82, 2.24) is 14.9 Å². The van der Waals surface area contributed by atoms with E-state index in [4.69, 9.17) is 4.74 Å². The third-order valence-electron chi connectivity index (χ3n) is 4.57. The third kappa shape index (κ3) is 3.86. The summed E-state index contributed by atoms with van der Waals surface area (Å²) >= 11 is 0. The summed E-state index contributed by atoms with van der Waals surface area (Å²) in [5, 5.41) is 10.0. The smallest absolute Gasteiger partial charge is 0.257 e. The van der Waals surface area contributed by atoms with Gasteiger partial charge in [-0.25, -0.2) is 9.97 Å². The number of rotatable bonds is 4. The number of hydrogen-bond donors (Lipinski definition) is 1. The Kier molecular flexibility index (Phi) is 5.11. The molecule has 2 heterocycles. The van der Waals surface area contributed by atoms with Crippen molar-refractivity contribution in [2.45, 2.75) is 25.9 Å². The molecule has 1 aliphatic rings. The van der Waals surface area contributed by atoms with Gasteiger partial charge in [0.1, 0.15) is 11.9 Å². The number of hydrogen-bond acceptors (Lipinski definition) is 5. The number of nitrogens with zero attached hydrogens (tertiary/aromatic N) is 3. The lowest BCUT2D eigenvalue weighted by atomic mass is 9.92. The second kappa shape index (κ2) is 7.29. The number of aliphatic hydroxyl groups is 1. The second-order valence-electron chi connectivity index (χ2n) is 6.60. The van der Waals surface area contributed by atoms with Crippen LogP contribution in [0.2, 0.25) is 0 Å². The summed E-state index contributed by atoms with van der Waals surface area (Å²) in [6.45, 7) is 4.90. The number of carbonyl (C=O) groups excluding carboxylic acids is 1. The van der Waals surface area contributed by atoms with E-state index < -0.39 is 5.60 Å². The summed E-state index contributed by atoms with van der Waals surface area (Å²) in [4.78, 5) is 22.6. The predicted molar refractivity (Wildman–Crippen MR) is 93.3 cm³/mol. The quantitative estimate of drug-likeness (QED) is 0.913. The van der Waals surface area contributed by atoms with E-state index in [2.05, 4.69) is 16.0 Å². The molecule has 0 spiro atoms. The molecule has 3 rings (SSSR count). The lowest BCUT2D eigenvalue weighted by Crippen LogP contribution is -2.57. The lowest BCUT2D eigenvalue weighted by Gasteiger charge is -2.42. The molecule has 1 N–H and O–H groups in total. The highest BCUT2D eigenvalue weighted by Crippen LogP contribution is 2.25. The highest BCUT2D eigenvalue weighted by atomic mass is 16.5. The molecule has 0 aliphatic carbocycles. The van der Waals surface area contributed by atoms with E-state index >= 15 is 0 Å². The van der Waals surface area contributed by atoms with E-state index in [-0.39, 0.29) is 12.5 Å². The molecule has 25 heavy (non-hydrogen) atoms. The maximum Gasteiger partial charge on any atom is 0.257 e. The van der Waals surface area contributed by atoms with Gasteiger partial charge >= 0.3 is 0 Å². The van der Waals surface area contributed by atoms with E-state index in [1.54, 1.807) is 18.0 Å². The maximum atomic E-state index is 12.8. The number of ether oxygens (including phenoxy) is 1. The molecule has 1 saturated heterocycles. The first-order chi connectivity index (χ1) is 12.0. The number of aliphatic hydroxyl groups excluding tert-OH is 1. The molecule has 2 aromatic rings. The van der Waals surface area contributed by atoms with Gasteiger partial charge in [0.15, 0.2) is 0 Å². The van der Waals surface area contributed by atoms with Gasteiger partial charge in [0, 0.05) is 19.2 Å². The number of carbonyl (C=O) groups is 1. The lowest BCUT2D eigenvalue weighted by molar-refractivity contribution is -0.123. The number of aryl methyl sites for hydroxylation is 2. The Hall–Kier alpha value is -2.31. The van der Waals surface area contributed by atoms with Gasteiger partial charge in [0.2, 0.25) is 0 Å². The molecule has 0 saturated carbocycles. The molecule has 1 aromatic heterocycles. The van der Waals surface area contributed by atoms with E-state index in [1.807, 2.05) is 25.1 Å². The standard InChI is InChI=1S/C19H23N3O3/c1-14-4-3-5-16(8-14)9-19(12-23)11-22(6-7-25-19)18(24)17-10-20-13-21-15(17)2/h3-5,8,10,13,23H,6-7,9,11-12H2,1-2H3/t19-/m1/s1. The predicted octanol–water partition coefficient (Wildman–Crippen LogP) is 1.54. The van der Waals surface area contributed by atoms with Crippen LogP contribution in [0, 0.1) is 13.8 Å². The molecular formula is C19H23N3O3. The van der Waals surface area contributed by atoms with Crippen LogP contribution in [0.3, 0.4) is 0 Å². The number of amides is 1. The minimum Gasteiger partial charge on any atom is -0.393 e. The topological polar surface area (TPSA) is 75.5 Å². The van der Waals surface area contributed by atoms with Gasteiger partial charge in [0.05, 0.1) is 31.0 Å². The van der Waals surface area contributed by atoms with Crippen LogP contribution in [0.25, 0.3) is 0 Å². The summed E-state index contributed by atoms with van der Waals surface area (Å²) in [5.74, 6) is -0.122. The largest absolute Gasteiger partial charge is 0.393 e. The molecule has 6 nitrogen and oxygen atoms in total. The van der Waals surface area contributed by atoms with E-state index in [9.17, 15) is 9.90 Å². The van der Waals surface area contributed by atoms with Crippen LogP contribution in [0.4, 0.5) is 0 Å². The average Bonchev–Trinajstić information content (AvgIpc) is 2.62. The fraction of sp³-hybridized carbons (Fsp3) is 0.421. The van der Waals surface area contributed by atoms with Crippen LogP contribution in [-0.2, 0) is 11.2 Å². The summed E-state index contributed by atoms with van der Waals surface area (Å²) in [5.41, 5.74) is 2.60. The summed E-state index contributed by atoms with van der Waals surface area (Å²) in [7, 11) is 0. The van der Waals surface area contributed by atoms with Crippen molar-refractivity contribution in [3.8, 4) is 0 Å². The Morgan fingerprint density at radius 2 is 2.24 bits per heavy atom. The molecule has 1 aliphatic heterocycles. The van der Waals surface area contributed by atoms with Gasteiger partial charge in [-0.05, 0) is 19.4 Å². The first-order valence-electron chi connectivity index (χ1n) is 8.39. The van der Waals surface area contributed by atoms with Gasteiger partial charge in [0.25, 0.3) is 5.91 Å². The number of aromatic nitrogens is 2. The van der Waals surface area contributed by atoms with Crippen molar-refractivity contribution in [3.05, 3.63) is 59.2 Å². The fourth-order valence-electron chi connectivity index (χ4n) is 3.24. The molecule has 1 fully saturated rings. The van der Waals surface area contributed by atoms with Gasteiger partial charge in [-0.15, -0.1) is 0 Å². The molecular weight excluding hydrogens is 318 g/mol. The molecule has 6 heteroatoms. The maximum absolute atomic E-state index is 12.8. The van der Waals surface area contributed by atoms with E-state index in [1.165, 1.54) is 6.33 Å². The normalized spacial score (nSPS) is 20.5. The number of morpholine rings is 1. The minimum atomic E-state index is -0.786. The monoisotopic (exact) mass is 341 g/mol. The molecule has 1 atom stereocenters. The first-order valence-corrected chi connectivity index (χ1v) is 8.39. The highest BCUT2D eigenvalue weighted by molar-refractivity contribution is 5.95. The minimum absolute atomic E-state index is 0.122. The van der Waals surface area contributed by atoms with Crippen molar-refractivity contribution in [2.75, 3.05) is 26.3 Å². The summed E-state index contributed by atoms with van der Waals surface area (Å²) < 4.78 is 5.93. The second-order valence-corrected chi connectivity index (χ2v) is 6.60. The van der Waals surface area contributed by atoms with Crippen LogP contribution in [0.5, 0.6) is 0 Å². The van der Waals surface area contributed by atoms with Gasteiger partial charge < -0.3 is 14.7 Å². The molecule has 132 valence electrons. The molecule has 0 bridgehead atoms. The van der Waals surface area contributed by atoms with Crippen LogP contribution in [0.1, 0.15) is 27.2 Å². The zero-order valence-corrected chi connectivity index (χ0v) is 14.6. The Morgan fingerprint density at radius 3 is 2.96 bits per heavy atom. The molecule has 0 radical (unpaired) electrons. The fourth-order valence-corrected chi connectivity index (χ4v) is 3.24. The molecule has 1 amide bonds. The van der Waals surface area contributed by atoms with Crippen molar-refractivity contribution in [3.63, 3.8) is 0 Å². The van der Waals surface area contributed by atoms with Gasteiger partial charge in [-0.1, -0.05) is 29.8 Å². The van der Waals surface area contributed by atoms with Crippen molar-refractivity contribution >= 4 is 5.91 Å². The first kappa shape index (κ1) is 17.5. The number of benzene rings is 1. The Morgan fingerprint density at radius 1 is 1.40 bits per heavy atom. The van der Waals surface area contributed by atoms with Crippen LogP contribution < -0.4 is 0 Å². The van der Waals surface area contributed by atoms with Gasteiger partial charge in [-0.2, -0.15) is 0 Å². The SMILES string of the molecule is Cc1cccc(C[C@]2(CO)CN(C(=O)c3cncnc3C)CCO2)c1. The summed E-state index contributed by atoms with van der Waals surface area (Å²) in [6, 6.07) is 8.12. The molecule has 0 unspecified atom stereocenters. The van der Waals surface area contributed by atoms with Crippen molar-refractivity contribution < 1.29 is 14.6 Å². The summed E-state index contributed by atoms with van der Waals surface area (Å²) in [6.07, 6.45) is 3.53. The molecule has 1 aromatic carbocycles. The van der Waals surface area contributed by atoms with E-state index in [0.29, 0.717) is 37.4 Å². The Bertz CT molecular complexity index is 765. The van der Waals surface area contributed by atoms with Gasteiger partial charge in [-0.3, -0.25) is 4.79 Å². The van der Waals surface area contributed by atoms with Crippen LogP contribution in [-0.4, -0.2) is 57.8 Å². The average molecular weight is 341 g/mol. The van der Waals surface area contributed by atoms with Crippen molar-refractivity contribution in [2.24, 2.45) is 0 Å². The zero-order chi connectivity index (χ0) is 17.9. The zero-order valence-electron chi connectivity index (χ0n) is 14.6. The highest BCUT2D eigenvalue weighted by Gasteiger charge is 2.38. The van der Waals surface area contributed by atoms with Crippen LogP contribution >= 0.6 is 0 Å². The Labute approximate surface area is 147 Å². The van der Waals surface area contributed by atoms with E-state index in [0.717, 1.165) is 11.1 Å². The third-order valence-corrected chi connectivity index (χ3v) is 4.57.